The molecule has 2 atom stereocenters. The fourth-order valence-electron chi connectivity index (χ4n) is 1.04. The van der Waals surface area contributed by atoms with Crippen molar-refractivity contribution in [2.45, 2.75) is 26.3 Å². The van der Waals surface area contributed by atoms with Crippen molar-refractivity contribution in [3.63, 3.8) is 0 Å². The monoisotopic (exact) mass is 189 g/mol. The number of aliphatic hydroxyl groups is 1. The summed E-state index contributed by atoms with van der Waals surface area (Å²) in [7, 11) is 1.62. The van der Waals surface area contributed by atoms with Gasteiger partial charge in [0, 0.05) is 26.2 Å². The van der Waals surface area contributed by atoms with Gasteiger partial charge in [-0.3, -0.25) is 4.79 Å². The van der Waals surface area contributed by atoms with Gasteiger partial charge in [0.2, 0.25) is 5.91 Å². The van der Waals surface area contributed by atoms with Crippen LogP contribution in [0.15, 0.2) is 0 Å². The lowest BCUT2D eigenvalue weighted by Crippen LogP contribution is -2.36. The Hall–Kier alpha value is -0.610. The number of hydrogen-bond donors (Lipinski definition) is 2. The number of rotatable bonds is 6. The minimum atomic E-state index is -0.165. The van der Waals surface area contributed by atoms with Crippen molar-refractivity contribution in [1.82, 2.24) is 5.32 Å². The Balaban J connectivity index is 3.61. The van der Waals surface area contributed by atoms with Gasteiger partial charge in [0.05, 0.1) is 6.61 Å². The molecular weight excluding hydrogens is 170 g/mol. The van der Waals surface area contributed by atoms with Gasteiger partial charge >= 0.3 is 0 Å². The van der Waals surface area contributed by atoms with Crippen LogP contribution in [0.5, 0.6) is 0 Å². The molecular formula is C9H19NO3. The van der Waals surface area contributed by atoms with E-state index in [9.17, 15) is 4.79 Å². The Bertz CT molecular complexity index is 150. The zero-order chi connectivity index (χ0) is 10.3. The molecule has 0 aromatic carbocycles. The van der Waals surface area contributed by atoms with Crippen molar-refractivity contribution in [3.05, 3.63) is 0 Å². The Kier molecular flexibility index (Phi) is 6.54. The van der Waals surface area contributed by atoms with Crippen LogP contribution < -0.4 is 5.32 Å². The van der Waals surface area contributed by atoms with Gasteiger partial charge in [0.25, 0.3) is 0 Å². The van der Waals surface area contributed by atoms with Crippen LogP contribution in [0.2, 0.25) is 0 Å². The smallest absolute Gasteiger partial charge is 0.220 e. The van der Waals surface area contributed by atoms with Crippen molar-refractivity contribution < 1.29 is 14.6 Å². The zero-order valence-corrected chi connectivity index (χ0v) is 8.54. The highest BCUT2D eigenvalue weighted by Gasteiger charge is 2.10. The van der Waals surface area contributed by atoms with Crippen LogP contribution >= 0.6 is 0 Å². The third-order valence-corrected chi connectivity index (χ3v) is 1.67. The molecule has 1 amide bonds. The minimum absolute atomic E-state index is 0.0234. The van der Waals surface area contributed by atoms with E-state index in [0.29, 0.717) is 13.0 Å². The maximum Gasteiger partial charge on any atom is 0.220 e. The summed E-state index contributed by atoms with van der Waals surface area (Å²) in [6.07, 6.45) is 0.443. The number of hydrogen-bond acceptors (Lipinski definition) is 3. The molecule has 0 spiro atoms. The SMILES string of the molecule is COCC(C)CC(=O)NC(C)CO. The quantitative estimate of drug-likeness (QED) is 0.625. The number of methoxy groups -OCH3 is 1. The second-order valence-electron chi connectivity index (χ2n) is 3.42. The lowest BCUT2D eigenvalue weighted by atomic mass is 10.1. The number of ether oxygens (including phenoxy) is 1. The Morgan fingerprint density at radius 3 is 2.62 bits per heavy atom. The molecule has 0 aromatic rings. The predicted molar refractivity (Wildman–Crippen MR) is 50.3 cm³/mol. The van der Waals surface area contributed by atoms with Crippen LogP contribution in [0.1, 0.15) is 20.3 Å². The molecule has 0 aliphatic heterocycles. The normalized spacial score (nSPS) is 15.1. The Morgan fingerprint density at radius 1 is 1.54 bits per heavy atom. The van der Waals surface area contributed by atoms with Crippen molar-refractivity contribution in [2.24, 2.45) is 5.92 Å². The zero-order valence-electron chi connectivity index (χ0n) is 8.54. The molecule has 4 nitrogen and oxygen atoms in total. The number of amides is 1. The molecule has 0 heterocycles. The van der Waals surface area contributed by atoms with Gasteiger partial charge in [-0.2, -0.15) is 0 Å². The van der Waals surface area contributed by atoms with Crippen LogP contribution in [0.3, 0.4) is 0 Å². The van der Waals surface area contributed by atoms with Crippen LogP contribution in [-0.4, -0.2) is 37.4 Å². The fourth-order valence-corrected chi connectivity index (χ4v) is 1.04. The summed E-state index contributed by atoms with van der Waals surface area (Å²) >= 11 is 0. The first-order valence-electron chi connectivity index (χ1n) is 4.49. The lowest BCUT2D eigenvalue weighted by Gasteiger charge is -2.13. The number of carbonyl (C=O) groups is 1. The summed E-state index contributed by atoms with van der Waals surface area (Å²) in [5, 5.41) is 11.4. The summed E-state index contributed by atoms with van der Waals surface area (Å²) in [5.74, 6) is 0.182. The van der Waals surface area contributed by atoms with E-state index in [-0.39, 0.29) is 24.5 Å². The van der Waals surface area contributed by atoms with Gasteiger partial charge in [-0.15, -0.1) is 0 Å². The maximum atomic E-state index is 11.2. The molecule has 0 radical (unpaired) electrons. The molecule has 0 rings (SSSR count). The highest BCUT2D eigenvalue weighted by atomic mass is 16.5. The van der Waals surface area contributed by atoms with Gasteiger partial charge in [0.15, 0.2) is 0 Å². The summed E-state index contributed by atoms with van der Waals surface area (Å²) in [6, 6.07) is -0.165. The van der Waals surface area contributed by atoms with Crippen LogP contribution in [0, 0.1) is 5.92 Å². The van der Waals surface area contributed by atoms with E-state index in [1.165, 1.54) is 0 Å². The summed E-state index contributed by atoms with van der Waals surface area (Å²) in [4.78, 5) is 11.2. The number of nitrogens with one attached hydrogen (secondary N) is 1. The van der Waals surface area contributed by atoms with E-state index in [0.717, 1.165) is 0 Å². The molecule has 0 fully saturated rings. The summed E-state index contributed by atoms with van der Waals surface area (Å²) in [5.41, 5.74) is 0. The molecule has 2 N–H and O–H groups in total. The standard InChI is InChI=1S/C9H19NO3/c1-7(6-13-3)4-9(12)10-8(2)5-11/h7-8,11H,4-6H2,1-3H3,(H,10,12). The molecule has 0 saturated heterocycles. The second-order valence-corrected chi connectivity index (χ2v) is 3.42. The fraction of sp³-hybridized carbons (Fsp3) is 0.889. The number of carbonyl (C=O) groups excluding carboxylic acids is 1. The molecule has 2 unspecified atom stereocenters. The highest BCUT2D eigenvalue weighted by molar-refractivity contribution is 5.76. The highest BCUT2D eigenvalue weighted by Crippen LogP contribution is 2.01. The Morgan fingerprint density at radius 2 is 2.15 bits per heavy atom. The van der Waals surface area contributed by atoms with Crippen molar-refractivity contribution in [1.29, 1.82) is 0 Å². The van der Waals surface area contributed by atoms with Crippen LogP contribution in [0.25, 0.3) is 0 Å². The average Bonchev–Trinajstić information content (AvgIpc) is 2.04. The van der Waals surface area contributed by atoms with E-state index in [4.69, 9.17) is 9.84 Å². The topological polar surface area (TPSA) is 58.6 Å². The van der Waals surface area contributed by atoms with E-state index in [1.807, 2.05) is 6.92 Å². The molecule has 78 valence electrons. The summed E-state index contributed by atoms with van der Waals surface area (Å²) in [6.45, 7) is 4.27. The van der Waals surface area contributed by atoms with Gasteiger partial charge in [-0.25, -0.2) is 0 Å². The van der Waals surface area contributed by atoms with Gasteiger partial charge < -0.3 is 15.2 Å². The molecule has 0 aromatic heterocycles. The minimum Gasteiger partial charge on any atom is -0.394 e. The van der Waals surface area contributed by atoms with Crippen molar-refractivity contribution in [2.75, 3.05) is 20.3 Å². The predicted octanol–water partition coefficient (Wildman–Crippen LogP) is 0.156. The first-order valence-corrected chi connectivity index (χ1v) is 4.49. The largest absolute Gasteiger partial charge is 0.394 e. The van der Waals surface area contributed by atoms with Gasteiger partial charge in [-0.1, -0.05) is 6.92 Å². The van der Waals surface area contributed by atoms with Gasteiger partial charge in [-0.05, 0) is 12.8 Å². The molecule has 4 heteroatoms. The van der Waals surface area contributed by atoms with E-state index in [2.05, 4.69) is 5.32 Å². The van der Waals surface area contributed by atoms with Crippen molar-refractivity contribution >= 4 is 5.91 Å². The molecule has 0 aliphatic carbocycles. The van der Waals surface area contributed by atoms with E-state index in [1.54, 1.807) is 14.0 Å². The first-order chi connectivity index (χ1) is 6.10. The number of aliphatic hydroxyl groups excluding tert-OH is 1. The molecule has 13 heavy (non-hydrogen) atoms. The Labute approximate surface area is 79.3 Å². The maximum absolute atomic E-state index is 11.2. The van der Waals surface area contributed by atoms with Gasteiger partial charge in [0.1, 0.15) is 0 Å². The second kappa shape index (κ2) is 6.86. The van der Waals surface area contributed by atoms with E-state index >= 15 is 0 Å². The van der Waals surface area contributed by atoms with Crippen molar-refractivity contribution in [3.8, 4) is 0 Å². The first kappa shape index (κ1) is 12.4. The van der Waals surface area contributed by atoms with Crippen LogP contribution in [-0.2, 0) is 9.53 Å². The summed E-state index contributed by atoms with van der Waals surface area (Å²) < 4.78 is 4.91. The van der Waals surface area contributed by atoms with E-state index < -0.39 is 0 Å². The van der Waals surface area contributed by atoms with Crippen LogP contribution in [0.4, 0.5) is 0 Å². The average molecular weight is 189 g/mol. The third kappa shape index (κ3) is 6.54. The molecule has 0 aliphatic rings. The molecule has 0 saturated carbocycles. The molecule has 0 bridgehead atoms. The third-order valence-electron chi connectivity index (χ3n) is 1.67. The lowest BCUT2D eigenvalue weighted by molar-refractivity contribution is -0.123.